The van der Waals surface area contributed by atoms with Crippen LogP contribution in [0.1, 0.15) is 0 Å². The fourth-order valence-electron chi connectivity index (χ4n) is 0.470. The van der Waals surface area contributed by atoms with Crippen molar-refractivity contribution < 1.29 is 5.11 Å². The topological polar surface area (TPSA) is 59.1 Å². The van der Waals surface area contributed by atoms with E-state index in [0.29, 0.717) is 5.75 Å². The van der Waals surface area contributed by atoms with Gasteiger partial charge in [-0.05, 0) is 0 Å². The lowest BCUT2D eigenvalue weighted by atomic mass is 10.9. The van der Waals surface area contributed by atoms with E-state index in [4.69, 9.17) is 10.8 Å². The molecule has 0 aliphatic rings. The van der Waals surface area contributed by atoms with Crippen LogP contribution in [0.25, 0.3) is 0 Å². The van der Waals surface area contributed by atoms with Crippen LogP contribution in [0.2, 0.25) is 0 Å². The monoisotopic (exact) mass is 176 g/mol. The highest BCUT2D eigenvalue weighted by molar-refractivity contribution is 8.01. The molecule has 0 bridgehead atoms. The molecular weight excluding hydrogens is 168 g/mol. The second-order valence-corrected chi connectivity index (χ2v) is 4.00. The number of hydrogen-bond donors (Lipinski definition) is 2. The van der Waals surface area contributed by atoms with Gasteiger partial charge in [0.05, 0.1) is 12.8 Å². The van der Waals surface area contributed by atoms with Gasteiger partial charge in [0.25, 0.3) is 0 Å². The fraction of sp³-hybridized carbons (Fsp3) is 0.400. The summed E-state index contributed by atoms with van der Waals surface area (Å²) in [5.41, 5.74) is 5.43. The van der Waals surface area contributed by atoms with E-state index in [1.54, 1.807) is 6.20 Å². The predicted molar refractivity (Wildman–Crippen MR) is 44.3 cm³/mol. The average molecular weight is 176 g/mol. The summed E-state index contributed by atoms with van der Waals surface area (Å²) in [5.74, 6) is 0.687. The second-order valence-electron chi connectivity index (χ2n) is 1.60. The first-order valence-electron chi connectivity index (χ1n) is 2.78. The van der Waals surface area contributed by atoms with E-state index in [2.05, 4.69) is 4.98 Å². The highest BCUT2D eigenvalue weighted by Gasteiger charge is 1.97. The van der Waals surface area contributed by atoms with Crippen molar-refractivity contribution in [2.24, 2.45) is 0 Å². The molecule has 0 unspecified atom stereocenters. The lowest BCUT2D eigenvalue weighted by Gasteiger charge is -1.89. The fourth-order valence-corrected chi connectivity index (χ4v) is 2.05. The molecule has 3 N–H and O–H groups in total. The first-order chi connectivity index (χ1) is 4.83. The van der Waals surface area contributed by atoms with Crippen molar-refractivity contribution in [2.45, 2.75) is 4.34 Å². The van der Waals surface area contributed by atoms with Crippen molar-refractivity contribution >= 4 is 28.1 Å². The standard InChI is InChI=1S/C5H8N2OS2/c6-4-3-7-5(10-4)9-2-1-8/h3,8H,1-2,6H2. The minimum Gasteiger partial charge on any atom is -0.396 e. The molecule has 0 aromatic carbocycles. The zero-order valence-corrected chi connectivity index (χ0v) is 6.91. The van der Waals surface area contributed by atoms with E-state index in [1.807, 2.05) is 0 Å². The van der Waals surface area contributed by atoms with Crippen LogP contribution in [-0.4, -0.2) is 22.5 Å². The highest BCUT2D eigenvalue weighted by atomic mass is 32.2. The minimum absolute atomic E-state index is 0.185. The lowest BCUT2D eigenvalue weighted by Crippen LogP contribution is -1.83. The number of thiazole rings is 1. The Morgan fingerprint density at radius 3 is 3.10 bits per heavy atom. The van der Waals surface area contributed by atoms with E-state index < -0.39 is 0 Å². The van der Waals surface area contributed by atoms with Gasteiger partial charge in [0.2, 0.25) is 0 Å². The molecule has 1 heterocycles. The molecule has 5 heteroatoms. The van der Waals surface area contributed by atoms with Gasteiger partial charge in [0, 0.05) is 5.75 Å². The van der Waals surface area contributed by atoms with Crippen molar-refractivity contribution in [1.82, 2.24) is 4.98 Å². The summed E-state index contributed by atoms with van der Waals surface area (Å²) < 4.78 is 0.923. The molecule has 0 aliphatic heterocycles. The molecule has 56 valence electrons. The molecule has 0 spiro atoms. The maximum atomic E-state index is 8.46. The number of nitrogens with two attached hydrogens (primary N) is 1. The van der Waals surface area contributed by atoms with E-state index in [9.17, 15) is 0 Å². The Labute approximate surface area is 67.3 Å². The van der Waals surface area contributed by atoms with Gasteiger partial charge in [-0.25, -0.2) is 4.98 Å². The number of aliphatic hydroxyl groups excluding tert-OH is 1. The van der Waals surface area contributed by atoms with Crippen LogP contribution >= 0.6 is 23.1 Å². The Balaban J connectivity index is 2.42. The molecule has 1 aromatic heterocycles. The normalized spacial score (nSPS) is 10.1. The Kier molecular flexibility index (Phi) is 2.98. The van der Waals surface area contributed by atoms with Crippen LogP contribution in [0.3, 0.4) is 0 Å². The summed E-state index contributed by atoms with van der Waals surface area (Å²) in [7, 11) is 0. The van der Waals surface area contributed by atoms with Crippen molar-refractivity contribution in [3.63, 3.8) is 0 Å². The van der Waals surface area contributed by atoms with Gasteiger partial charge < -0.3 is 10.8 Å². The molecule has 0 aliphatic carbocycles. The summed E-state index contributed by atoms with van der Waals surface area (Å²) in [4.78, 5) is 4.00. The first-order valence-corrected chi connectivity index (χ1v) is 4.58. The molecule has 1 rings (SSSR count). The molecule has 0 amide bonds. The van der Waals surface area contributed by atoms with Crippen molar-refractivity contribution in [2.75, 3.05) is 18.1 Å². The summed E-state index contributed by atoms with van der Waals surface area (Å²) in [6, 6.07) is 0. The van der Waals surface area contributed by atoms with Crippen molar-refractivity contribution in [3.8, 4) is 0 Å². The second kappa shape index (κ2) is 3.80. The molecular formula is C5H8N2OS2. The molecule has 10 heavy (non-hydrogen) atoms. The maximum absolute atomic E-state index is 8.46. The van der Waals surface area contributed by atoms with Gasteiger partial charge in [0.1, 0.15) is 5.00 Å². The summed E-state index contributed by atoms with van der Waals surface area (Å²) in [6.45, 7) is 0.185. The smallest absolute Gasteiger partial charge is 0.151 e. The third-order valence-corrected chi connectivity index (χ3v) is 2.78. The summed E-state index contributed by atoms with van der Waals surface area (Å²) in [5, 5.41) is 9.18. The van der Waals surface area contributed by atoms with Crippen LogP contribution in [-0.2, 0) is 0 Å². The predicted octanol–water partition coefficient (Wildman–Crippen LogP) is 0.810. The van der Waals surface area contributed by atoms with Crippen LogP contribution in [0, 0.1) is 0 Å². The number of rotatable bonds is 3. The quantitative estimate of drug-likeness (QED) is 0.669. The van der Waals surface area contributed by atoms with Crippen LogP contribution in [0.5, 0.6) is 0 Å². The van der Waals surface area contributed by atoms with Gasteiger partial charge in [-0.2, -0.15) is 0 Å². The van der Waals surface area contributed by atoms with Gasteiger partial charge in [0.15, 0.2) is 4.34 Å². The molecule has 1 aromatic rings. The zero-order valence-electron chi connectivity index (χ0n) is 5.28. The van der Waals surface area contributed by atoms with Gasteiger partial charge >= 0.3 is 0 Å². The molecule has 0 atom stereocenters. The Hall–Kier alpha value is -0.260. The van der Waals surface area contributed by atoms with Crippen molar-refractivity contribution in [3.05, 3.63) is 6.20 Å². The Bertz CT molecular complexity index is 201. The number of hydrogen-bond acceptors (Lipinski definition) is 5. The minimum atomic E-state index is 0.185. The van der Waals surface area contributed by atoms with Crippen molar-refractivity contribution in [1.29, 1.82) is 0 Å². The summed E-state index contributed by atoms with van der Waals surface area (Å²) in [6.07, 6.45) is 1.63. The number of nitrogens with zero attached hydrogens (tertiary/aromatic N) is 1. The molecule has 0 fully saturated rings. The highest BCUT2D eigenvalue weighted by Crippen LogP contribution is 2.24. The third-order valence-electron chi connectivity index (χ3n) is 0.819. The third kappa shape index (κ3) is 2.17. The molecule has 0 radical (unpaired) electrons. The molecule has 0 saturated carbocycles. The number of thioether (sulfide) groups is 1. The van der Waals surface area contributed by atoms with Crippen LogP contribution in [0.15, 0.2) is 10.5 Å². The number of anilines is 1. The molecule has 0 saturated heterocycles. The van der Waals surface area contributed by atoms with E-state index in [1.165, 1.54) is 23.1 Å². The number of aromatic nitrogens is 1. The maximum Gasteiger partial charge on any atom is 0.151 e. The Morgan fingerprint density at radius 2 is 2.60 bits per heavy atom. The van der Waals surface area contributed by atoms with Crippen LogP contribution < -0.4 is 5.73 Å². The lowest BCUT2D eigenvalue weighted by molar-refractivity contribution is 0.322. The summed E-state index contributed by atoms with van der Waals surface area (Å²) >= 11 is 2.96. The van der Waals surface area contributed by atoms with E-state index >= 15 is 0 Å². The molecule has 3 nitrogen and oxygen atoms in total. The van der Waals surface area contributed by atoms with Gasteiger partial charge in [-0.15, -0.1) is 0 Å². The number of aliphatic hydroxyl groups is 1. The van der Waals surface area contributed by atoms with E-state index in [0.717, 1.165) is 9.34 Å². The van der Waals surface area contributed by atoms with Crippen LogP contribution in [0.4, 0.5) is 5.00 Å². The average Bonchev–Trinajstić information content (AvgIpc) is 2.31. The zero-order chi connectivity index (χ0) is 7.40. The van der Waals surface area contributed by atoms with Gasteiger partial charge in [-0.1, -0.05) is 23.1 Å². The SMILES string of the molecule is Nc1cnc(SCCO)s1. The van der Waals surface area contributed by atoms with Gasteiger partial charge in [-0.3, -0.25) is 0 Å². The Morgan fingerprint density at radius 1 is 1.80 bits per heavy atom. The first kappa shape index (κ1) is 7.84. The largest absolute Gasteiger partial charge is 0.396 e. The number of nitrogen functional groups attached to an aromatic ring is 1. The van der Waals surface area contributed by atoms with E-state index in [-0.39, 0.29) is 6.61 Å².